The largest absolute Gasteiger partial charge is 0.493 e. The van der Waals surface area contributed by atoms with Crippen LogP contribution in [0.2, 0.25) is 0 Å². The quantitative estimate of drug-likeness (QED) is 0.291. The maximum Gasteiger partial charge on any atom is 0.236 e. The van der Waals surface area contributed by atoms with E-state index in [9.17, 15) is 0 Å². The minimum Gasteiger partial charge on any atom is -0.493 e. The van der Waals surface area contributed by atoms with Crippen LogP contribution in [0.4, 0.5) is 23.8 Å². The van der Waals surface area contributed by atoms with Crippen molar-refractivity contribution >= 4 is 35.6 Å². The lowest BCUT2D eigenvalue weighted by Gasteiger charge is -2.30. The van der Waals surface area contributed by atoms with Crippen LogP contribution in [-0.2, 0) is 0 Å². The van der Waals surface area contributed by atoms with Crippen molar-refractivity contribution in [3.8, 4) is 28.5 Å². The summed E-state index contributed by atoms with van der Waals surface area (Å²) in [5.74, 6) is 3.91. The van der Waals surface area contributed by atoms with Crippen LogP contribution in [0.25, 0.3) is 11.3 Å². The first-order valence-electron chi connectivity index (χ1n) is 13.4. The first-order valence-corrected chi connectivity index (χ1v) is 14.6. The van der Waals surface area contributed by atoms with Crippen molar-refractivity contribution in [3.63, 3.8) is 0 Å². The smallest absolute Gasteiger partial charge is 0.236 e. The maximum absolute atomic E-state index is 5.56. The molecule has 5 rings (SSSR count). The number of thioether (sulfide) groups is 1. The average Bonchev–Trinajstić information content (AvgIpc) is 3.00. The second-order valence-electron chi connectivity index (χ2n) is 9.51. The van der Waals surface area contributed by atoms with Crippen molar-refractivity contribution in [2.75, 3.05) is 68.9 Å². The molecule has 0 radical (unpaired) electrons. The van der Waals surface area contributed by atoms with Gasteiger partial charge < -0.3 is 24.0 Å². The molecule has 3 aromatic rings. The lowest BCUT2D eigenvalue weighted by molar-refractivity contribution is 0.324. The molecule has 2 fully saturated rings. The first-order chi connectivity index (χ1) is 19.1. The van der Waals surface area contributed by atoms with E-state index in [2.05, 4.69) is 15.1 Å². The van der Waals surface area contributed by atoms with Gasteiger partial charge in [0.15, 0.2) is 11.5 Å². The summed E-state index contributed by atoms with van der Waals surface area (Å²) in [6.45, 7) is 3.80. The molecular formula is C27H36N8O3S. The molecule has 2 aliphatic rings. The zero-order chi connectivity index (χ0) is 27.2. The number of nitrogens with zero attached hydrogens (tertiary/aromatic N) is 7. The summed E-state index contributed by atoms with van der Waals surface area (Å²) < 4.78 is 16.6. The van der Waals surface area contributed by atoms with E-state index in [1.54, 1.807) is 21.3 Å². The number of piperidine rings is 2. The van der Waals surface area contributed by atoms with Gasteiger partial charge in [-0.2, -0.15) is 15.0 Å². The molecule has 4 heterocycles. The number of benzene rings is 1. The zero-order valence-corrected chi connectivity index (χ0v) is 23.9. The van der Waals surface area contributed by atoms with Gasteiger partial charge in [-0.05, 0) is 63.0 Å². The van der Waals surface area contributed by atoms with Crippen LogP contribution in [0.15, 0.2) is 23.2 Å². The predicted octanol–water partition coefficient (Wildman–Crippen LogP) is 4.80. The van der Waals surface area contributed by atoms with Crippen LogP contribution < -0.4 is 29.3 Å². The van der Waals surface area contributed by atoms with Crippen molar-refractivity contribution in [2.45, 2.75) is 43.6 Å². The summed E-state index contributed by atoms with van der Waals surface area (Å²) in [6, 6.07) is 5.69. The third-order valence-electron chi connectivity index (χ3n) is 6.99. The molecule has 12 heteroatoms. The molecule has 208 valence electrons. The molecule has 2 aliphatic heterocycles. The maximum atomic E-state index is 5.56. The monoisotopic (exact) mass is 552 g/mol. The van der Waals surface area contributed by atoms with E-state index in [1.807, 2.05) is 24.5 Å². The molecule has 0 spiro atoms. The van der Waals surface area contributed by atoms with Crippen molar-refractivity contribution in [2.24, 2.45) is 0 Å². The average molecular weight is 553 g/mol. The van der Waals surface area contributed by atoms with E-state index in [0.717, 1.165) is 62.5 Å². The first kappa shape index (κ1) is 27.0. The highest BCUT2D eigenvalue weighted by molar-refractivity contribution is 7.98. The number of anilines is 4. The van der Waals surface area contributed by atoms with Gasteiger partial charge in [0.25, 0.3) is 0 Å². The summed E-state index contributed by atoms with van der Waals surface area (Å²) in [6.07, 6.45) is 9.04. The number of methoxy groups -OCH3 is 3. The molecule has 1 N–H and O–H groups in total. The molecule has 0 unspecified atom stereocenters. The van der Waals surface area contributed by atoms with Gasteiger partial charge in [0.1, 0.15) is 5.03 Å². The van der Waals surface area contributed by atoms with Gasteiger partial charge in [0.2, 0.25) is 29.5 Å². The standard InChI is InChI=1S/C27H36N8O3S/c1-36-20-15-18(16-21(37-2)23(20)38-3)19-17-22(39-4)29-24(28-19)30-25-31-26(34-11-7-5-8-12-34)33-27(32-25)35-13-9-6-10-14-35/h15-17H,5-14H2,1-4H3,(H,28,29,30,31,32,33). The number of ether oxygens (including phenoxy) is 3. The Kier molecular flexibility index (Phi) is 8.70. The normalized spacial score (nSPS) is 15.7. The molecule has 2 aromatic heterocycles. The van der Waals surface area contributed by atoms with Crippen LogP contribution >= 0.6 is 11.8 Å². The van der Waals surface area contributed by atoms with E-state index in [4.69, 9.17) is 39.1 Å². The second kappa shape index (κ2) is 12.5. The van der Waals surface area contributed by atoms with Gasteiger partial charge in [0, 0.05) is 31.7 Å². The van der Waals surface area contributed by atoms with Gasteiger partial charge in [0.05, 0.1) is 27.0 Å². The minimum absolute atomic E-state index is 0.408. The van der Waals surface area contributed by atoms with Crippen molar-refractivity contribution in [1.29, 1.82) is 0 Å². The second-order valence-corrected chi connectivity index (χ2v) is 10.3. The third kappa shape index (κ3) is 6.21. The molecule has 39 heavy (non-hydrogen) atoms. The van der Waals surface area contributed by atoms with Crippen LogP contribution in [0.5, 0.6) is 17.2 Å². The van der Waals surface area contributed by atoms with Crippen LogP contribution in [0.1, 0.15) is 38.5 Å². The van der Waals surface area contributed by atoms with E-state index in [0.29, 0.717) is 46.7 Å². The number of hydrogen-bond acceptors (Lipinski definition) is 12. The topological polar surface area (TPSA) is 111 Å². The molecule has 0 bridgehead atoms. The highest BCUT2D eigenvalue weighted by Gasteiger charge is 2.21. The number of aromatic nitrogens is 5. The fraction of sp³-hybridized carbons (Fsp3) is 0.519. The summed E-state index contributed by atoms with van der Waals surface area (Å²) in [7, 11) is 4.79. The molecule has 0 amide bonds. The van der Waals surface area contributed by atoms with Crippen molar-refractivity contribution < 1.29 is 14.2 Å². The summed E-state index contributed by atoms with van der Waals surface area (Å²) in [5, 5.41) is 4.09. The highest BCUT2D eigenvalue weighted by Crippen LogP contribution is 2.41. The lowest BCUT2D eigenvalue weighted by Crippen LogP contribution is -2.34. The van der Waals surface area contributed by atoms with Crippen molar-refractivity contribution in [3.05, 3.63) is 18.2 Å². The van der Waals surface area contributed by atoms with Gasteiger partial charge in [-0.15, -0.1) is 11.8 Å². The Balaban J connectivity index is 1.52. The Morgan fingerprint density at radius 2 is 1.21 bits per heavy atom. The van der Waals surface area contributed by atoms with E-state index in [-0.39, 0.29) is 0 Å². The molecule has 0 saturated carbocycles. The number of nitrogens with one attached hydrogen (secondary N) is 1. The molecule has 0 aliphatic carbocycles. The Labute approximate surface area is 233 Å². The SMILES string of the molecule is COc1cc(-c2cc(SC)nc(Nc3nc(N4CCCCC4)nc(N4CCCCC4)n3)n2)cc(OC)c1OC. The highest BCUT2D eigenvalue weighted by atomic mass is 32.2. The van der Waals surface area contributed by atoms with Crippen LogP contribution in [0.3, 0.4) is 0 Å². The Hall–Kier alpha value is -3.54. The zero-order valence-electron chi connectivity index (χ0n) is 23.1. The van der Waals surface area contributed by atoms with Crippen LogP contribution in [-0.4, -0.2) is 78.7 Å². The Morgan fingerprint density at radius 3 is 1.69 bits per heavy atom. The third-order valence-corrected chi connectivity index (χ3v) is 7.61. The molecule has 1 aromatic carbocycles. The van der Waals surface area contributed by atoms with Gasteiger partial charge in [-0.25, -0.2) is 9.97 Å². The summed E-state index contributed by atoms with van der Waals surface area (Å²) >= 11 is 1.53. The fourth-order valence-corrected chi connectivity index (χ4v) is 5.35. The van der Waals surface area contributed by atoms with E-state index in [1.165, 1.54) is 24.6 Å². The molecule has 2 saturated heterocycles. The van der Waals surface area contributed by atoms with E-state index < -0.39 is 0 Å². The van der Waals surface area contributed by atoms with Gasteiger partial charge in [-0.1, -0.05) is 0 Å². The molecule has 0 atom stereocenters. The Morgan fingerprint density at radius 1 is 0.667 bits per heavy atom. The lowest BCUT2D eigenvalue weighted by atomic mass is 10.1. The molecule has 11 nitrogen and oxygen atoms in total. The fourth-order valence-electron chi connectivity index (χ4n) is 4.94. The predicted molar refractivity (Wildman–Crippen MR) is 154 cm³/mol. The Bertz CT molecular complexity index is 1220. The van der Waals surface area contributed by atoms with Crippen LogP contribution in [0, 0.1) is 0 Å². The van der Waals surface area contributed by atoms with Gasteiger partial charge >= 0.3 is 0 Å². The minimum atomic E-state index is 0.408. The van der Waals surface area contributed by atoms with Gasteiger partial charge in [-0.3, -0.25) is 5.32 Å². The summed E-state index contributed by atoms with van der Waals surface area (Å²) in [5.41, 5.74) is 1.52. The van der Waals surface area contributed by atoms with E-state index >= 15 is 0 Å². The molecular weight excluding hydrogens is 516 g/mol. The number of hydrogen-bond donors (Lipinski definition) is 1. The van der Waals surface area contributed by atoms with Crippen molar-refractivity contribution in [1.82, 2.24) is 24.9 Å². The summed E-state index contributed by atoms with van der Waals surface area (Å²) in [4.78, 5) is 28.5. The number of rotatable bonds is 9.